The smallest absolute Gasteiger partial charge is 0.0434 e. The average Bonchev–Trinajstić information content (AvgIpc) is 3.88. The lowest BCUT2D eigenvalue weighted by Gasteiger charge is -2.18. The maximum absolute atomic E-state index is 2.45. The van der Waals surface area contributed by atoms with E-state index >= 15 is 0 Å². The molecule has 9 aromatic carbocycles. The number of hydrogen-bond acceptors (Lipinski definition) is 3. The molecule has 12 rings (SSSR count). The van der Waals surface area contributed by atoms with Crippen LogP contribution in [0.5, 0.6) is 0 Å². The molecule has 0 saturated carbocycles. The van der Waals surface area contributed by atoms with E-state index in [-0.39, 0.29) is 0 Å². The van der Waals surface area contributed by atoms with E-state index in [1.165, 1.54) is 115 Å². The third kappa shape index (κ3) is 3.94. The Morgan fingerprint density at radius 1 is 0.235 bits per heavy atom. The van der Waals surface area contributed by atoms with Crippen molar-refractivity contribution in [2.24, 2.45) is 0 Å². The van der Waals surface area contributed by atoms with Crippen molar-refractivity contribution in [1.29, 1.82) is 0 Å². The van der Waals surface area contributed by atoms with E-state index in [4.69, 9.17) is 0 Å². The van der Waals surface area contributed by atoms with Gasteiger partial charge in [0.1, 0.15) is 0 Å². The molecule has 0 radical (unpaired) electrons. The predicted octanol–water partition coefficient (Wildman–Crippen LogP) is 15.6. The van der Waals surface area contributed by atoms with Gasteiger partial charge in [0.25, 0.3) is 0 Å². The van der Waals surface area contributed by atoms with Gasteiger partial charge in [-0.15, -0.1) is 34.0 Å². The molecule has 0 atom stereocenters. The molecule has 0 bridgehead atoms. The SMILES string of the molecule is c1ccc2c(c1)sc1ccc(-c3c4ccccc4c(-c4ccc5sc6c(ccc7c6ccc6c8ccccc8sc67)c5c4)c4ccccc34)cc12. The number of rotatable bonds is 2. The van der Waals surface area contributed by atoms with E-state index in [0.29, 0.717) is 0 Å². The third-order valence-electron chi connectivity index (χ3n) is 10.9. The van der Waals surface area contributed by atoms with Crippen LogP contribution in [-0.4, -0.2) is 0 Å². The van der Waals surface area contributed by atoms with Gasteiger partial charge < -0.3 is 0 Å². The summed E-state index contributed by atoms with van der Waals surface area (Å²) in [5.41, 5.74) is 5.15. The molecule has 0 nitrogen and oxygen atoms in total. The summed E-state index contributed by atoms with van der Waals surface area (Å²) in [6.07, 6.45) is 0. The highest BCUT2D eigenvalue weighted by atomic mass is 32.1. The predicted molar refractivity (Wildman–Crippen MR) is 228 cm³/mol. The summed E-state index contributed by atoms with van der Waals surface area (Å²) in [5.74, 6) is 0. The van der Waals surface area contributed by atoms with Crippen LogP contribution < -0.4 is 0 Å². The van der Waals surface area contributed by atoms with Gasteiger partial charge in [-0.2, -0.15) is 0 Å². The van der Waals surface area contributed by atoms with Crippen LogP contribution in [0.15, 0.2) is 158 Å². The highest BCUT2D eigenvalue weighted by Gasteiger charge is 2.19. The first-order valence-corrected chi connectivity index (χ1v) is 19.8. The first-order chi connectivity index (χ1) is 25.3. The van der Waals surface area contributed by atoms with E-state index in [1.54, 1.807) is 0 Å². The Balaban J connectivity index is 1.10. The van der Waals surface area contributed by atoms with Gasteiger partial charge in [-0.3, -0.25) is 0 Å². The Labute approximate surface area is 305 Å². The molecule has 236 valence electrons. The normalized spacial score (nSPS) is 12.3. The fourth-order valence-corrected chi connectivity index (χ4v) is 12.1. The molecule has 0 amide bonds. The molecular formula is C48H26S3. The zero-order valence-electron chi connectivity index (χ0n) is 27.2. The molecule has 0 aliphatic rings. The molecule has 0 N–H and O–H groups in total. The summed E-state index contributed by atoms with van der Waals surface area (Å²) in [6.45, 7) is 0. The number of benzene rings is 9. The summed E-state index contributed by atoms with van der Waals surface area (Å²) in [7, 11) is 0. The van der Waals surface area contributed by atoms with Crippen LogP contribution in [0.4, 0.5) is 0 Å². The third-order valence-corrected chi connectivity index (χ3v) is 14.5. The van der Waals surface area contributed by atoms with Crippen molar-refractivity contribution in [3.05, 3.63) is 158 Å². The van der Waals surface area contributed by atoms with Gasteiger partial charge in [-0.05, 0) is 80.2 Å². The molecule has 0 aliphatic carbocycles. The van der Waals surface area contributed by atoms with Gasteiger partial charge in [-0.25, -0.2) is 0 Å². The molecule has 51 heavy (non-hydrogen) atoms. The van der Waals surface area contributed by atoms with Crippen molar-refractivity contribution in [3.63, 3.8) is 0 Å². The van der Waals surface area contributed by atoms with Crippen molar-refractivity contribution in [1.82, 2.24) is 0 Å². The number of hydrogen-bond donors (Lipinski definition) is 0. The number of thiophene rings is 3. The monoisotopic (exact) mass is 698 g/mol. The van der Waals surface area contributed by atoms with Crippen molar-refractivity contribution in [3.8, 4) is 22.3 Å². The quantitative estimate of drug-likeness (QED) is 0.158. The van der Waals surface area contributed by atoms with E-state index in [1.807, 2.05) is 34.0 Å². The maximum atomic E-state index is 2.45. The molecule has 0 unspecified atom stereocenters. The van der Waals surface area contributed by atoms with Crippen LogP contribution in [-0.2, 0) is 0 Å². The Kier molecular flexibility index (Phi) is 5.78. The van der Waals surface area contributed by atoms with Crippen LogP contribution >= 0.6 is 34.0 Å². The summed E-state index contributed by atoms with van der Waals surface area (Å²) < 4.78 is 8.12. The summed E-state index contributed by atoms with van der Waals surface area (Å²) in [6, 6.07) is 59.3. The molecular weight excluding hydrogens is 673 g/mol. The molecule has 3 heteroatoms. The van der Waals surface area contributed by atoms with E-state index < -0.39 is 0 Å². The Bertz CT molecular complexity index is 3370. The van der Waals surface area contributed by atoms with Gasteiger partial charge in [0.05, 0.1) is 0 Å². The average molecular weight is 699 g/mol. The highest BCUT2D eigenvalue weighted by Crippen LogP contribution is 2.48. The van der Waals surface area contributed by atoms with Crippen LogP contribution in [0, 0.1) is 0 Å². The Morgan fingerprint density at radius 2 is 0.569 bits per heavy atom. The van der Waals surface area contributed by atoms with Crippen molar-refractivity contribution in [2.45, 2.75) is 0 Å². The maximum Gasteiger partial charge on any atom is 0.0434 e. The van der Waals surface area contributed by atoms with Crippen LogP contribution in [0.2, 0.25) is 0 Å². The second kappa shape index (κ2) is 10.5. The van der Waals surface area contributed by atoms with Crippen molar-refractivity contribution in [2.75, 3.05) is 0 Å². The van der Waals surface area contributed by atoms with Crippen LogP contribution in [0.1, 0.15) is 0 Å². The second-order valence-electron chi connectivity index (χ2n) is 13.5. The zero-order chi connectivity index (χ0) is 33.2. The minimum absolute atomic E-state index is 1.26. The lowest BCUT2D eigenvalue weighted by atomic mass is 9.85. The minimum atomic E-state index is 1.26. The largest absolute Gasteiger partial charge is 0.135 e. The van der Waals surface area contributed by atoms with Crippen LogP contribution in [0.3, 0.4) is 0 Å². The number of fused-ring (bicyclic) bond motifs is 14. The zero-order valence-corrected chi connectivity index (χ0v) is 29.7. The van der Waals surface area contributed by atoms with Crippen molar-refractivity contribution >= 4 is 127 Å². The summed E-state index contributed by atoms with van der Waals surface area (Å²) in [5, 5.41) is 15.9. The van der Waals surface area contributed by atoms with Gasteiger partial charge in [0.2, 0.25) is 0 Å². The minimum Gasteiger partial charge on any atom is -0.135 e. The first kappa shape index (κ1) is 28.2. The van der Waals surface area contributed by atoms with E-state index in [2.05, 4.69) is 158 Å². The van der Waals surface area contributed by atoms with Gasteiger partial charge in [0.15, 0.2) is 0 Å². The molecule has 0 saturated heterocycles. The lowest BCUT2D eigenvalue weighted by molar-refractivity contribution is 1.70. The molecule has 0 aliphatic heterocycles. The fraction of sp³-hybridized carbons (Fsp3) is 0. The Hall–Kier alpha value is -5.58. The van der Waals surface area contributed by atoms with Gasteiger partial charge >= 0.3 is 0 Å². The van der Waals surface area contributed by atoms with Gasteiger partial charge in [-0.1, -0.05) is 121 Å². The molecule has 3 heterocycles. The van der Waals surface area contributed by atoms with E-state index in [9.17, 15) is 0 Å². The fourth-order valence-electron chi connectivity index (χ4n) is 8.61. The summed E-state index contributed by atoms with van der Waals surface area (Å²) in [4.78, 5) is 0. The Morgan fingerprint density at radius 3 is 1.08 bits per heavy atom. The molecule has 0 spiro atoms. The van der Waals surface area contributed by atoms with Crippen molar-refractivity contribution < 1.29 is 0 Å². The standard InChI is InChI=1S/C48H26S3/c1-3-13-33-31(11-1)45(27-17-23-43-39(25-27)30-10-6-7-15-41(30)49-43)32-12-2-4-14-34(32)46(33)28-18-24-44-40(26-28)38-22-21-36-37(48(38)51-44)20-19-35-29-9-5-8-16-42(29)50-47(35)36/h1-26H. The molecule has 12 aromatic rings. The molecule has 3 aromatic heterocycles. The summed E-state index contributed by atoms with van der Waals surface area (Å²) >= 11 is 5.72. The first-order valence-electron chi connectivity index (χ1n) is 17.3. The second-order valence-corrected chi connectivity index (χ2v) is 16.7. The van der Waals surface area contributed by atoms with E-state index in [0.717, 1.165) is 0 Å². The molecule has 0 fully saturated rings. The van der Waals surface area contributed by atoms with Crippen LogP contribution in [0.25, 0.3) is 115 Å². The highest BCUT2D eigenvalue weighted by molar-refractivity contribution is 7.28. The lowest BCUT2D eigenvalue weighted by Crippen LogP contribution is -1.90. The topological polar surface area (TPSA) is 0 Å². The van der Waals surface area contributed by atoms with Gasteiger partial charge in [0, 0.05) is 71.3 Å².